The lowest BCUT2D eigenvalue weighted by molar-refractivity contribution is 0.00107. The molecule has 0 aromatic heterocycles. The summed E-state index contributed by atoms with van der Waals surface area (Å²) in [5, 5.41) is 3.57. The van der Waals surface area contributed by atoms with Crippen LogP contribution in [0.2, 0.25) is 0 Å². The van der Waals surface area contributed by atoms with Gasteiger partial charge in [-0.3, -0.25) is 4.90 Å². The summed E-state index contributed by atoms with van der Waals surface area (Å²) in [6, 6.07) is 11.0. The molecular formula is C15H24N2O2. The van der Waals surface area contributed by atoms with E-state index < -0.39 is 0 Å². The SMILES string of the molecule is COCC(CN1CCNC(c2ccccc2)C1)OC. The lowest BCUT2D eigenvalue weighted by Crippen LogP contribution is -2.49. The molecule has 1 heterocycles. The van der Waals surface area contributed by atoms with Crippen LogP contribution >= 0.6 is 0 Å². The van der Waals surface area contributed by atoms with Gasteiger partial charge in [-0.15, -0.1) is 0 Å². The third-order valence-corrected chi connectivity index (χ3v) is 3.61. The van der Waals surface area contributed by atoms with Crippen LogP contribution in [-0.2, 0) is 9.47 Å². The highest BCUT2D eigenvalue weighted by atomic mass is 16.5. The smallest absolute Gasteiger partial charge is 0.0931 e. The van der Waals surface area contributed by atoms with Crippen molar-refractivity contribution in [3.05, 3.63) is 35.9 Å². The number of hydrogen-bond donors (Lipinski definition) is 1. The predicted molar refractivity (Wildman–Crippen MR) is 76.3 cm³/mol. The molecule has 2 atom stereocenters. The van der Waals surface area contributed by atoms with Crippen LogP contribution in [0, 0.1) is 0 Å². The van der Waals surface area contributed by atoms with Crippen molar-refractivity contribution in [2.75, 3.05) is 47.0 Å². The van der Waals surface area contributed by atoms with Gasteiger partial charge in [0.1, 0.15) is 0 Å². The molecule has 4 heteroatoms. The van der Waals surface area contributed by atoms with Gasteiger partial charge in [0, 0.05) is 46.4 Å². The molecular weight excluding hydrogens is 240 g/mol. The number of hydrogen-bond acceptors (Lipinski definition) is 4. The normalized spacial score (nSPS) is 22.3. The molecule has 0 aliphatic carbocycles. The van der Waals surface area contributed by atoms with Gasteiger partial charge in [0.05, 0.1) is 12.7 Å². The Morgan fingerprint density at radius 1 is 1.32 bits per heavy atom. The zero-order valence-corrected chi connectivity index (χ0v) is 11.8. The standard InChI is InChI=1S/C15H24N2O2/c1-18-12-14(19-2)10-17-9-8-16-15(11-17)13-6-4-3-5-7-13/h3-7,14-16H,8-12H2,1-2H3. The topological polar surface area (TPSA) is 33.7 Å². The van der Waals surface area contributed by atoms with Crippen LogP contribution in [0.5, 0.6) is 0 Å². The summed E-state index contributed by atoms with van der Waals surface area (Å²) < 4.78 is 10.6. The molecule has 0 spiro atoms. The average Bonchev–Trinajstić information content (AvgIpc) is 2.48. The van der Waals surface area contributed by atoms with Crippen molar-refractivity contribution in [1.82, 2.24) is 10.2 Å². The first-order valence-corrected chi connectivity index (χ1v) is 6.86. The Hall–Kier alpha value is -0.940. The molecule has 19 heavy (non-hydrogen) atoms. The predicted octanol–water partition coefficient (Wildman–Crippen LogP) is 1.29. The largest absolute Gasteiger partial charge is 0.382 e. The summed E-state index contributed by atoms with van der Waals surface area (Å²) in [6.45, 7) is 4.68. The van der Waals surface area contributed by atoms with Gasteiger partial charge in [-0.2, -0.15) is 0 Å². The number of benzene rings is 1. The fourth-order valence-electron chi connectivity index (χ4n) is 2.55. The zero-order chi connectivity index (χ0) is 13.5. The van der Waals surface area contributed by atoms with Crippen molar-refractivity contribution >= 4 is 0 Å². The summed E-state index contributed by atoms with van der Waals surface area (Å²) in [7, 11) is 3.47. The second-order valence-corrected chi connectivity index (χ2v) is 4.99. The number of nitrogens with zero attached hydrogens (tertiary/aromatic N) is 1. The van der Waals surface area contributed by atoms with Crippen LogP contribution in [0.1, 0.15) is 11.6 Å². The second-order valence-electron chi connectivity index (χ2n) is 4.99. The lowest BCUT2D eigenvalue weighted by Gasteiger charge is -2.35. The van der Waals surface area contributed by atoms with E-state index in [2.05, 4.69) is 40.5 Å². The molecule has 2 rings (SSSR count). The van der Waals surface area contributed by atoms with Gasteiger partial charge in [-0.05, 0) is 5.56 Å². The molecule has 0 saturated carbocycles. The third kappa shape index (κ3) is 4.28. The van der Waals surface area contributed by atoms with Gasteiger partial charge in [-0.1, -0.05) is 30.3 Å². The summed E-state index contributed by atoms with van der Waals surface area (Å²) in [6.07, 6.45) is 0.152. The van der Waals surface area contributed by atoms with Crippen LogP contribution in [0.4, 0.5) is 0 Å². The molecule has 2 unspecified atom stereocenters. The van der Waals surface area contributed by atoms with E-state index in [1.165, 1.54) is 5.56 Å². The molecule has 4 nitrogen and oxygen atoms in total. The molecule has 1 aromatic rings. The van der Waals surface area contributed by atoms with Gasteiger partial charge in [0.15, 0.2) is 0 Å². The molecule has 1 aliphatic heterocycles. The van der Waals surface area contributed by atoms with Crippen molar-refractivity contribution < 1.29 is 9.47 Å². The summed E-state index contributed by atoms with van der Waals surface area (Å²) in [5.74, 6) is 0. The van der Waals surface area contributed by atoms with Crippen LogP contribution < -0.4 is 5.32 Å². The molecule has 0 radical (unpaired) electrons. The van der Waals surface area contributed by atoms with Gasteiger partial charge in [0.25, 0.3) is 0 Å². The van der Waals surface area contributed by atoms with Gasteiger partial charge >= 0.3 is 0 Å². The van der Waals surface area contributed by atoms with Crippen LogP contribution in [0.25, 0.3) is 0 Å². The minimum atomic E-state index is 0.152. The molecule has 0 amide bonds. The number of methoxy groups -OCH3 is 2. The van der Waals surface area contributed by atoms with Crippen molar-refractivity contribution in [3.8, 4) is 0 Å². The molecule has 0 bridgehead atoms. The Kier molecular flexibility index (Phi) is 5.79. The Morgan fingerprint density at radius 2 is 2.11 bits per heavy atom. The quantitative estimate of drug-likeness (QED) is 0.839. The lowest BCUT2D eigenvalue weighted by atomic mass is 10.0. The van der Waals surface area contributed by atoms with Crippen molar-refractivity contribution in [2.24, 2.45) is 0 Å². The Bertz CT molecular complexity index is 358. The number of rotatable bonds is 6. The molecule has 1 fully saturated rings. The Morgan fingerprint density at radius 3 is 2.79 bits per heavy atom. The van der Waals surface area contributed by atoms with E-state index in [-0.39, 0.29) is 6.10 Å². The molecule has 1 aliphatic rings. The van der Waals surface area contributed by atoms with E-state index in [4.69, 9.17) is 9.47 Å². The highest BCUT2D eigenvalue weighted by molar-refractivity contribution is 5.19. The molecule has 1 saturated heterocycles. The number of nitrogens with one attached hydrogen (secondary N) is 1. The fourth-order valence-corrected chi connectivity index (χ4v) is 2.55. The Balaban J connectivity index is 1.90. The second kappa shape index (κ2) is 7.60. The first-order chi connectivity index (χ1) is 9.33. The Labute approximate surface area is 115 Å². The van der Waals surface area contributed by atoms with E-state index in [0.29, 0.717) is 12.6 Å². The van der Waals surface area contributed by atoms with Crippen molar-refractivity contribution in [2.45, 2.75) is 12.1 Å². The number of ether oxygens (including phenoxy) is 2. The number of piperazine rings is 1. The maximum Gasteiger partial charge on any atom is 0.0931 e. The molecule has 1 N–H and O–H groups in total. The van der Waals surface area contributed by atoms with E-state index >= 15 is 0 Å². The first kappa shape index (κ1) is 14.5. The highest BCUT2D eigenvalue weighted by Gasteiger charge is 2.22. The van der Waals surface area contributed by atoms with E-state index in [0.717, 1.165) is 26.2 Å². The highest BCUT2D eigenvalue weighted by Crippen LogP contribution is 2.17. The van der Waals surface area contributed by atoms with E-state index in [9.17, 15) is 0 Å². The summed E-state index contributed by atoms with van der Waals surface area (Å²) >= 11 is 0. The summed E-state index contributed by atoms with van der Waals surface area (Å²) in [5.41, 5.74) is 1.35. The minimum Gasteiger partial charge on any atom is -0.382 e. The van der Waals surface area contributed by atoms with Gasteiger partial charge in [0.2, 0.25) is 0 Å². The third-order valence-electron chi connectivity index (χ3n) is 3.61. The minimum absolute atomic E-state index is 0.152. The van der Waals surface area contributed by atoms with Gasteiger partial charge < -0.3 is 14.8 Å². The van der Waals surface area contributed by atoms with Crippen LogP contribution in [0.15, 0.2) is 30.3 Å². The van der Waals surface area contributed by atoms with Crippen LogP contribution in [0.3, 0.4) is 0 Å². The first-order valence-electron chi connectivity index (χ1n) is 6.86. The zero-order valence-electron chi connectivity index (χ0n) is 11.8. The van der Waals surface area contributed by atoms with Crippen molar-refractivity contribution in [3.63, 3.8) is 0 Å². The molecule has 106 valence electrons. The van der Waals surface area contributed by atoms with Crippen LogP contribution in [-0.4, -0.2) is 58.0 Å². The average molecular weight is 264 g/mol. The van der Waals surface area contributed by atoms with Crippen molar-refractivity contribution in [1.29, 1.82) is 0 Å². The van der Waals surface area contributed by atoms with E-state index in [1.54, 1.807) is 14.2 Å². The fraction of sp³-hybridized carbons (Fsp3) is 0.600. The maximum absolute atomic E-state index is 5.45. The van der Waals surface area contributed by atoms with Gasteiger partial charge in [-0.25, -0.2) is 0 Å². The summed E-state index contributed by atoms with van der Waals surface area (Å²) in [4.78, 5) is 2.45. The monoisotopic (exact) mass is 264 g/mol. The maximum atomic E-state index is 5.45. The molecule has 1 aromatic carbocycles. The van der Waals surface area contributed by atoms with E-state index in [1.807, 2.05) is 0 Å².